The van der Waals surface area contributed by atoms with Crippen molar-refractivity contribution in [3.63, 3.8) is 0 Å². The summed E-state index contributed by atoms with van der Waals surface area (Å²) in [5, 5.41) is 3.52. The Labute approximate surface area is 119 Å². The van der Waals surface area contributed by atoms with E-state index in [0.717, 1.165) is 29.9 Å². The smallest absolute Gasteiger partial charge is 0.133 e. The van der Waals surface area contributed by atoms with Gasteiger partial charge in [-0.25, -0.2) is 4.98 Å². The summed E-state index contributed by atoms with van der Waals surface area (Å²) < 4.78 is 1.03. The van der Waals surface area contributed by atoms with E-state index in [2.05, 4.69) is 71.8 Å². The van der Waals surface area contributed by atoms with Crippen LogP contribution in [0.1, 0.15) is 40.2 Å². The van der Waals surface area contributed by atoms with Crippen molar-refractivity contribution in [2.45, 2.75) is 46.7 Å². The van der Waals surface area contributed by atoms with Crippen LogP contribution in [0.15, 0.2) is 16.7 Å². The van der Waals surface area contributed by atoms with Gasteiger partial charge in [0.25, 0.3) is 0 Å². The molecule has 1 rings (SSSR count). The Morgan fingerprint density at radius 2 is 1.89 bits per heavy atom. The third-order valence-corrected chi connectivity index (χ3v) is 3.22. The van der Waals surface area contributed by atoms with Gasteiger partial charge in [-0.05, 0) is 56.6 Å². The van der Waals surface area contributed by atoms with Crippen LogP contribution >= 0.6 is 15.9 Å². The van der Waals surface area contributed by atoms with Gasteiger partial charge in [0.2, 0.25) is 0 Å². The first kappa shape index (κ1) is 15.4. The van der Waals surface area contributed by atoms with Gasteiger partial charge in [-0.2, -0.15) is 0 Å². The summed E-state index contributed by atoms with van der Waals surface area (Å²) in [5.41, 5.74) is 1.35. The Bertz CT molecular complexity index is 381. The van der Waals surface area contributed by atoms with Gasteiger partial charge in [0.15, 0.2) is 0 Å². The predicted molar refractivity (Wildman–Crippen MR) is 82.1 cm³/mol. The number of aromatic nitrogens is 1. The second-order valence-corrected chi connectivity index (χ2v) is 6.33. The third kappa shape index (κ3) is 4.58. The summed E-state index contributed by atoms with van der Waals surface area (Å²) in [6.45, 7) is 13.6. The van der Waals surface area contributed by atoms with Crippen LogP contribution in [0.25, 0.3) is 0 Å². The Morgan fingerprint density at radius 3 is 2.39 bits per heavy atom. The van der Waals surface area contributed by atoms with E-state index < -0.39 is 0 Å². The lowest BCUT2D eigenvalue weighted by molar-refractivity contribution is 0.424. The minimum Gasteiger partial charge on any atom is -0.357 e. The summed E-state index contributed by atoms with van der Waals surface area (Å²) in [4.78, 5) is 6.84. The fraction of sp³-hybridized carbons (Fsp3) is 0.643. The van der Waals surface area contributed by atoms with E-state index in [-0.39, 0.29) is 5.54 Å². The van der Waals surface area contributed by atoms with Crippen LogP contribution in [0.4, 0.5) is 5.82 Å². The minimum atomic E-state index is 0.114. The van der Waals surface area contributed by atoms with E-state index in [1.807, 2.05) is 6.20 Å². The van der Waals surface area contributed by atoms with Crippen LogP contribution in [0.3, 0.4) is 0 Å². The van der Waals surface area contributed by atoms with Crippen LogP contribution in [0.2, 0.25) is 0 Å². The number of nitrogens with zero attached hydrogens (tertiary/aromatic N) is 2. The predicted octanol–water partition coefficient (Wildman–Crippen LogP) is 3.58. The van der Waals surface area contributed by atoms with Crippen molar-refractivity contribution in [1.82, 2.24) is 10.3 Å². The summed E-state index contributed by atoms with van der Waals surface area (Å²) >= 11 is 3.50. The number of hydrogen-bond donors (Lipinski definition) is 1. The van der Waals surface area contributed by atoms with Crippen molar-refractivity contribution < 1.29 is 0 Å². The molecular formula is C14H24BrN3. The van der Waals surface area contributed by atoms with Crippen molar-refractivity contribution in [2.75, 3.05) is 18.0 Å². The third-order valence-electron chi connectivity index (χ3n) is 2.78. The average molecular weight is 314 g/mol. The highest BCUT2D eigenvalue weighted by molar-refractivity contribution is 9.10. The molecule has 0 radical (unpaired) electrons. The molecule has 0 aliphatic rings. The maximum Gasteiger partial charge on any atom is 0.133 e. The second-order valence-electron chi connectivity index (χ2n) is 5.41. The molecule has 0 saturated heterocycles. The second kappa shape index (κ2) is 6.53. The Hall–Kier alpha value is -0.610. The van der Waals surface area contributed by atoms with Crippen molar-refractivity contribution in [3.05, 3.63) is 22.3 Å². The molecule has 3 nitrogen and oxygen atoms in total. The van der Waals surface area contributed by atoms with Crippen molar-refractivity contribution in [2.24, 2.45) is 0 Å². The first-order chi connectivity index (χ1) is 8.37. The van der Waals surface area contributed by atoms with E-state index in [9.17, 15) is 0 Å². The first-order valence-corrected chi connectivity index (χ1v) is 7.31. The number of halogens is 1. The molecule has 1 aromatic heterocycles. The van der Waals surface area contributed by atoms with Gasteiger partial charge in [0.05, 0.1) is 0 Å². The molecule has 0 fully saturated rings. The van der Waals surface area contributed by atoms with Gasteiger partial charge in [-0.1, -0.05) is 0 Å². The molecule has 1 N–H and O–H groups in total. The molecule has 0 spiro atoms. The molecule has 0 saturated carbocycles. The number of nitrogens with one attached hydrogen (secondary N) is 1. The molecule has 4 heteroatoms. The zero-order valence-electron chi connectivity index (χ0n) is 12.0. The van der Waals surface area contributed by atoms with Crippen LogP contribution in [-0.2, 0) is 6.54 Å². The van der Waals surface area contributed by atoms with E-state index in [1.165, 1.54) is 5.56 Å². The molecule has 0 amide bonds. The van der Waals surface area contributed by atoms with Crippen molar-refractivity contribution in [3.8, 4) is 0 Å². The van der Waals surface area contributed by atoms with E-state index in [1.54, 1.807) is 0 Å². The molecular weight excluding hydrogens is 290 g/mol. The quantitative estimate of drug-likeness (QED) is 0.900. The Kier molecular flexibility index (Phi) is 5.60. The number of pyridine rings is 1. The lowest BCUT2D eigenvalue weighted by atomic mass is 10.1. The van der Waals surface area contributed by atoms with Gasteiger partial charge < -0.3 is 10.2 Å². The van der Waals surface area contributed by atoms with E-state index in [0.29, 0.717) is 0 Å². The van der Waals surface area contributed by atoms with Gasteiger partial charge >= 0.3 is 0 Å². The van der Waals surface area contributed by atoms with Crippen LogP contribution in [-0.4, -0.2) is 23.6 Å². The van der Waals surface area contributed by atoms with Crippen LogP contribution < -0.4 is 10.2 Å². The molecule has 0 aromatic carbocycles. The molecule has 102 valence electrons. The van der Waals surface area contributed by atoms with Crippen LogP contribution in [0, 0.1) is 0 Å². The standard InChI is InChI=1S/C14H24BrN3/c1-6-18(7-2)13-11(8-12(15)10-16-13)9-17-14(3,4)5/h8,10,17H,6-7,9H2,1-5H3. The summed E-state index contributed by atoms with van der Waals surface area (Å²) in [7, 11) is 0. The van der Waals surface area contributed by atoms with Crippen molar-refractivity contribution in [1.29, 1.82) is 0 Å². The average Bonchev–Trinajstić information content (AvgIpc) is 2.29. The highest BCUT2D eigenvalue weighted by atomic mass is 79.9. The van der Waals surface area contributed by atoms with Crippen LogP contribution in [0.5, 0.6) is 0 Å². The zero-order chi connectivity index (χ0) is 13.8. The Morgan fingerprint density at radius 1 is 1.28 bits per heavy atom. The fourth-order valence-corrected chi connectivity index (χ4v) is 2.15. The SMILES string of the molecule is CCN(CC)c1ncc(Br)cc1CNC(C)(C)C. The lowest BCUT2D eigenvalue weighted by Gasteiger charge is -2.25. The Balaban J connectivity index is 2.96. The molecule has 0 aliphatic carbocycles. The van der Waals surface area contributed by atoms with Gasteiger partial charge in [-0.3, -0.25) is 0 Å². The fourth-order valence-electron chi connectivity index (χ4n) is 1.77. The van der Waals surface area contributed by atoms with Crippen molar-refractivity contribution >= 4 is 21.7 Å². The maximum atomic E-state index is 4.56. The van der Waals surface area contributed by atoms with Gasteiger partial charge in [0.1, 0.15) is 5.82 Å². The molecule has 0 unspecified atom stereocenters. The highest BCUT2D eigenvalue weighted by Gasteiger charge is 2.14. The molecule has 18 heavy (non-hydrogen) atoms. The summed E-state index contributed by atoms with van der Waals surface area (Å²) in [6.07, 6.45) is 1.87. The molecule has 1 aromatic rings. The first-order valence-electron chi connectivity index (χ1n) is 6.51. The summed E-state index contributed by atoms with van der Waals surface area (Å²) in [5.74, 6) is 1.08. The molecule has 0 bridgehead atoms. The largest absolute Gasteiger partial charge is 0.357 e. The van der Waals surface area contributed by atoms with Gasteiger partial charge in [0, 0.05) is 41.4 Å². The topological polar surface area (TPSA) is 28.2 Å². The zero-order valence-corrected chi connectivity index (χ0v) is 13.6. The maximum absolute atomic E-state index is 4.56. The highest BCUT2D eigenvalue weighted by Crippen LogP contribution is 2.22. The number of anilines is 1. The van der Waals surface area contributed by atoms with Gasteiger partial charge in [-0.15, -0.1) is 0 Å². The molecule has 0 aliphatic heterocycles. The van der Waals surface area contributed by atoms with E-state index >= 15 is 0 Å². The lowest BCUT2D eigenvalue weighted by Crippen LogP contribution is -2.36. The van der Waals surface area contributed by atoms with E-state index in [4.69, 9.17) is 0 Å². The number of hydrogen-bond acceptors (Lipinski definition) is 3. The minimum absolute atomic E-state index is 0.114. The normalized spacial score (nSPS) is 11.7. The monoisotopic (exact) mass is 313 g/mol. The number of rotatable bonds is 5. The molecule has 1 heterocycles. The summed E-state index contributed by atoms with van der Waals surface area (Å²) in [6, 6.07) is 2.15. The molecule has 0 atom stereocenters.